The Kier molecular flexibility index (Phi) is 42.5. The summed E-state index contributed by atoms with van der Waals surface area (Å²) in [5.41, 5.74) is 1.44. The van der Waals surface area contributed by atoms with Gasteiger partial charge in [-0.2, -0.15) is 0 Å². The van der Waals surface area contributed by atoms with Crippen LogP contribution in [0.25, 0.3) is 0 Å². The van der Waals surface area contributed by atoms with Gasteiger partial charge in [-0.05, 0) is 273 Å². The van der Waals surface area contributed by atoms with E-state index in [0.717, 1.165) is 43.1 Å². The van der Waals surface area contributed by atoms with Gasteiger partial charge in [-0.3, -0.25) is 0 Å². The van der Waals surface area contributed by atoms with E-state index in [1.165, 1.54) is 25.3 Å². The van der Waals surface area contributed by atoms with E-state index in [0.29, 0.717) is 45.3 Å². The molecule has 5 atom stereocenters. The van der Waals surface area contributed by atoms with Crippen LogP contribution in [0.15, 0.2) is 0 Å². The van der Waals surface area contributed by atoms with Crippen molar-refractivity contribution in [3.8, 4) is 0 Å². The fraction of sp³-hybridized carbons (Fsp3) is 1.00. The number of methoxy groups -OCH3 is 2. The molecular formula is C58H156O18Si18. The molecule has 36 heteroatoms. The van der Waals surface area contributed by atoms with Crippen LogP contribution < -0.4 is 0 Å². The molecule has 0 aliphatic rings. The molecule has 0 radical (unpaired) electrons. The van der Waals surface area contributed by atoms with Crippen molar-refractivity contribution >= 4 is 152 Å². The molecule has 0 saturated heterocycles. The fourth-order valence-corrected chi connectivity index (χ4v) is 111. The molecule has 0 fully saturated rings. The third-order valence-electron chi connectivity index (χ3n) is 13.3. The summed E-state index contributed by atoms with van der Waals surface area (Å²) in [4.78, 5) is 0. The van der Waals surface area contributed by atoms with Crippen molar-refractivity contribution in [2.45, 2.75) is 324 Å². The van der Waals surface area contributed by atoms with Gasteiger partial charge < -0.3 is 76.6 Å². The highest BCUT2D eigenvalue weighted by molar-refractivity contribution is 7.01. The Labute approximate surface area is 601 Å². The van der Waals surface area contributed by atoms with Gasteiger partial charge in [0.05, 0.1) is 26.4 Å². The monoisotopic (exact) mass is 1640 g/mol. The standard InChI is InChI=1S/C31H84O10Si10.C27H72O8Si8/c1-23-24-29-45(12,13)37-48(18,19)40-51(22,39-47(16,17)35-43(6,7)8)31-50(21,36-44(9,10)11)41-49(20,30-25-26-33-28-27-32-2)38-46(14,15)34-42(3,4)5;1-19-20-25-38(9,10)32-41(15,16)33-39(11,12)27-43(18,31-37(6,7)8)35-42(17,26-21-22-29-24-23-28-2)34-40(13,14)30-36(3,4)5/h23-31H2,1-22H3;19-27H2,1-18H3. The van der Waals surface area contributed by atoms with Gasteiger partial charge in [0.2, 0.25) is 0 Å². The van der Waals surface area contributed by atoms with Gasteiger partial charge in [0.15, 0.2) is 66.5 Å². The van der Waals surface area contributed by atoms with Crippen LogP contribution in [-0.2, 0) is 76.6 Å². The summed E-state index contributed by atoms with van der Waals surface area (Å²) in [6.45, 7) is 88.6. The topological polar surface area (TPSA) is 166 Å². The molecule has 94 heavy (non-hydrogen) atoms. The minimum Gasteiger partial charge on any atom is -0.437 e. The zero-order valence-electron chi connectivity index (χ0n) is 69.1. The maximum absolute atomic E-state index is 7.56. The van der Waals surface area contributed by atoms with Gasteiger partial charge in [0.1, 0.15) is 0 Å². The van der Waals surface area contributed by atoms with Crippen molar-refractivity contribution in [1.82, 2.24) is 0 Å². The Morgan fingerprint density at radius 1 is 0.202 bits per heavy atom. The smallest absolute Gasteiger partial charge is 0.319 e. The molecule has 5 unspecified atom stereocenters. The molecule has 0 bridgehead atoms. The van der Waals surface area contributed by atoms with E-state index in [2.05, 4.69) is 250 Å². The van der Waals surface area contributed by atoms with Crippen LogP contribution >= 0.6 is 0 Å². The normalized spacial score (nSPS) is 17.6. The molecule has 0 aliphatic heterocycles. The van der Waals surface area contributed by atoms with E-state index in [4.69, 9.17) is 76.6 Å². The molecule has 568 valence electrons. The summed E-state index contributed by atoms with van der Waals surface area (Å²) in [5.74, 6) is 0. The lowest BCUT2D eigenvalue weighted by atomic mass is 10.4. The zero-order chi connectivity index (χ0) is 74.5. The first-order valence-corrected chi connectivity index (χ1v) is 88.6. The molecule has 18 nitrogen and oxygen atoms in total. The second kappa shape index (κ2) is 40.2. The molecule has 0 rings (SSSR count). The van der Waals surface area contributed by atoms with Crippen molar-refractivity contribution in [2.24, 2.45) is 0 Å². The first-order chi connectivity index (χ1) is 41.6. The SMILES string of the molecule is CCCC[Si](C)(C)O[Si](C)(C)O[Si](C)(C)C[Si](C)(O[Si](C)(C)C)O[Si](C)(CCCOCCOC)O[Si](C)(C)O[Si](C)(C)C.CCCC[Si](C)(C)O[Si](C)(C)O[Si](C)(C[Si](C)(O[Si](C)(C)C)O[Si](C)(CCCOCCOC)O[Si](C)(C)O[Si](C)(C)C)O[Si](C)(C)O[Si](C)(C)C. The number of hydrogen-bond donors (Lipinski definition) is 0. The average Bonchev–Trinajstić information content (AvgIpc) is 0.783. The van der Waals surface area contributed by atoms with Gasteiger partial charge >= 0.3 is 85.6 Å². The van der Waals surface area contributed by atoms with E-state index in [9.17, 15) is 0 Å². The minimum absolute atomic E-state index is 0.568. The molecule has 0 aliphatic carbocycles. The highest BCUT2D eigenvalue weighted by Gasteiger charge is 2.58. The zero-order valence-corrected chi connectivity index (χ0v) is 87.1. The van der Waals surface area contributed by atoms with Crippen LogP contribution in [0.3, 0.4) is 0 Å². The van der Waals surface area contributed by atoms with E-state index < -0.39 is 152 Å². The van der Waals surface area contributed by atoms with E-state index in [1.807, 2.05) is 0 Å². The second-order valence-corrected chi connectivity index (χ2v) is 109. The Morgan fingerprint density at radius 2 is 0.447 bits per heavy atom. The maximum Gasteiger partial charge on any atom is 0.319 e. The summed E-state index contributed by atoms with van der Waals surface area (Å²) < 4.78 is 122. The Hall–Kier alpha value is 3.18. The van der Waals surface area contributed by atoms with Crippen molar-refractivity contribution < 1.29 is 76.6 Å². The van der Waals surface area contributed by atoms with E-state index in [-0.39, 0.29) is 0 Å². The molecule has 0 saturated carbocycles. The molecule has 0 heterocycles. The molecule has 0 aromatic heterocycles. The lowest BCUT2D eigenvalue weighted by molar-refractivity contribution is 0.0702. The molecule has 0 aromatic carbocycles. The highest BCUT2D eigenvalue weighted by atomic mass is 28.5. The van der Waals surface area contributed by atoms with Gasteiger partial charge in [-0.1, -0.05) is 39.5 Å². The van der Waals surface area contributed by atoms with Crippen LogP contribution in [0.4, 0.5) is 0 Å². The first-order valence-electron chi connectivity index (χ1n) is 35.5. The van der Waals surface area contributed by atoms with E-state index >= 15 is 0 Å². The lowest BCUT2D eigenvalue weighted by Gasteiger charge is -2.48. The van der Waals surface area contributed by atoms with Crippen molar-refractivity contribution in [3.63, 3.8) is 0 Å². The van der Waals surface area contributed by atoms with E-state index in [1.54, 1.807) is 14.2 Å². The number of rotatable bonds is 52. The Balaban J connectivity index is 0. The third-order valence-corrected chi connectivity index (χ3v) is 85.9. The van der Waals surface area contributed by atoms with Gasteiger partial charge in [-0.25, -0.2) is 0 Å². The van der Waals surface area contributed by atoms with Crippen molar-refractivity contribution in [1.29, 1.82) is 0 Å². The largest absolute Gasteiger partial charge is 0.437 e. The quantitative estimate of drug-likeness (QED) is 0.0416. The summed E-state index contributed by atoms with van der Waals surface area (Å²) in [7, 11) is -39.4. The average molecular weight is 1650 g/mol. The fourth-order valence-electron chi connectivity index (χ4n) is 13.3. The van der Waals surface area contributed by atoms with Gasteiger partial charge in [0.25, 0.3) is 0 Å². The first kappa shape index (κ1) is 99.2. The van der Waals surface area contributed by atoms with Crippen LogP contribution in [0.2, 0.25) is 271 Å². The summed E-state index contributed by atoms with van der Waals surface area (Å²) >= 11 is 0. The van der Waals surface area contributed by atoms with Crippen LogP contribution in [-0.4, -0.2) is 206 Å². The second-order valence-electron chi connectivity index (χ2n) is 35.9. The summed E-state index contributed by atoms with van der Waals surface area (Å²) in [5, 5.41) is 0. The molecular weight excluding hydrogens is 1490 g/mol. The molecule has 0 spiro atoms. The number of hydrogen-bond acceptors (Lipinski definition) is 18. The molecule has 0 N–H and O–H groups in total. The summed E-state index contributed by atoms with van der Waals surface area (Å²) in [6.07, 6.45) is 6.43. The predicted molar refractivity (Wildman–Crippen MR) is 443 cm³/mol. The lowest BCUT2D eigenvalue weighted by Crippen LogP contribution is -2.66. The number of ether oxygens (including phenoxy) is 4. The number of unbranched alkanes of at least 4 members (excludes halogenated alkanes) is 2. The third kappa shape index (κ3) is 52.2. The molecule has 0 amide bonds. The van der Waals surface area contributed by atoms with Crippen molar-refractivity contribution in [3.05, 3.63) is 0 Å². The van der Waals surface area contributed by atoms with Gasteiger partial charge in [-0.15, -0.1) is 0 Å². The van der Waals surface area contributed by atoms with Gasteiger partial charge in [0, 0.05) is 38.8 Å². The van der Waals surface area contributed by atoms with Crippen molar-refractivity contribution in [2.75, 3.05) is 53.9 Å². The highest BCUT2D eigenvalue weighted by Crippen LogP contribution is 2.40. The Morgan fingerprint density at radius 3 is 0.723 bits per heavy atom. The van der Waals surface area contributed by atoms with Crippen LogP contribution in [0.5, 0.6) is 0 Å². The van der Waals surface area contributed by atoms with Crippen LogP contribution in [0, 0.1) is 0 Å². The molecule has 0 aromatic rings. The maximum atomic E-state index is 7.56. The Bertz CT molecular complexity index is 2110. The minimum atomic E-state index is -3.07. The van der Waals surface area contributed by atoms with Crippen LogP contribution in [0.1, 0.15) is 52.4 Å². The predicted octanol–water partition coefficient (Wildman–Crippen LogP) is 19.6. The summed E-state index contributed by atoms with van der Waals surface area (Å²) in [6, 6.07) is 3.88.